The van der Waals surface area contributed by atoms with Gasteiger partial charge in [-0.15, -0.1) is 0 Å². The molecule has 1 atom stereocenters. The lowest BCUT2D eigenvalue weighted by molar-refractivity contribution is -0.128. The number of ether oxygens (including phenoxy) is 1. The predicted molar refractivity (Wildman–Crippen MR) is 100 cm³/mol. The zero-order chi connectivity index (χ0) is 18.4. The smallest absolute Gasteiger partial charge is 0.225 e. The average Bonchev–Trinajstić information content (AvgIpc) is 3.05. The third-order valence-electron chi connectivity index (χ3n) is 4.60. The summed E-state index contributed by atoms with van der Waals surface area (Å²) in [5.41, 5.74) is 1.04. The summed E-state index contributed by atoms with van der Waals surface area (Å²) in [4.78, 5) is 25.8. The summed E-state index contributed by atoms with van der Waals surface area (Å²) in [7, 11) is 0. The van der Waals surface area contributed by atoms with Crippen LogP contribution in [0.5, 0.6) is 11.5 Å². The molecule has 1 N–H and O–H groups in total. The maximum atomic E-state index is 12.3. The molecule has 26 heavy (non-hydrogen) atoms. The second-order valence-corrected chi connectivity index (χ2v) is 6.40. The highest BCUT2D eigenvalue weighted by Gasteiger charge is 2.33. The van der Waals surface area contributed by atoms with Crippen LogP contribution in [0, 0.1) is 5.92 Å². The fourth-order valence-corrected chi connectivity index (χ4v) is 3.14. The Morgan fingerprint density at radius 1 is 1.15 bits per heavy atom. The molecule has 0 unspecified atom stereocenters. The van der Waals surface area contributed by atoms with Gasteiger partial charge in [0, 0.05) is 26.1 Å². The van der Waals surface area contributed by atoms with Crippen molar-refractivity contribution in [3.63, 3.8) is 0 Å². The molecule has 2 aromatic rings. The fraction of sp³-hybridized carbons (Fsp3) is 0.333. The zero-order valence-electron chi connectivity index (χ0n) is 15.0. The van der Waals surface area contributed by atoms with Crippen molar-refractivity contribution >= 4 is 11.8 Å². The Hall–Kier alpha value is -2.82. The Kier molecular flexibility index (Phi) is 5.89. The van der Waals surface area contributed by atoms with Crippen molar-refractivity contribution in [1.29, 1.82) is 0 Å². The minimum atomic E-state index is -0.238. The van der Waals surface area contributed by atoms with Crippen LogP contribution in [0.3, 0.4) is 0 Å². The van der Waals surface area contributed by atoms with Gasteiger partial charge in [0.15, 0.2) is 0 Å². The summed E-state index contributed by atoms with van der Waals surface area (Å²) in [6.07, 6.45) is 0.986. The van der Waals surface area contributed by atoms with Gasteiger partial charge >= 0.3 is 0 Å². The van der Waals surface area contributed by atoms with Crippen LogP contribution >= 0.6 is 0 Å². The average molecular weight is 352 g/mol. The van der Waals surface area contributed by atoms with Gasteiger partial charge in [-0.1, -0.05) is 36.4 Å². The maximum Gasteiger partial charge on any atom is 0.225 e. The van der Waals surface area contributed by atoms with Crippen molar-refractivity contribution in [2.75, 3.05) is 19.6 Å². The van der Waals surface area contributed by atoms with Gasteiger partial charge in [0.1, 0.15) is 11.5 Å². The van der Waals surface area contributed by atoms with Crippen molar-refractivity contribution in [2.45, 2.75) is 19.8 Å². The van der Waals surface area contributed by atoms with E-state index >= 15 is 0 Å². The summed E-state index contributed by atoms with van der Waals surface area (Å²) < 4.78 is 5.95. The van der Waals surface area contributed by atoms with E-state index in [1.807, 2.05) is 61.5 Å². The highest BCUT2D eigenvalue weighted by Crippen LogP contribution is 2.25. The van der Waals surface area contributed by atoms with Crippen LogP contribution in [0.4, 0.5) is 0 Å². The van der Waals surface area contributed by atoms with Gasteiger partial charge in [0.2, 0.25) is 11.8 Å². The number of benzene rings is 2. The number of hydrogen-bond donors (Lipinski definition) is 1. The molecule has 0 bridgehead atoms. The Labute approximate surface area is 154 Å². The first-order valence-electron chi connectivity index (χ1n) is 9.03. The number of para-hydroxylation sites is 2. The molecule has 5 heteroatoms. The third kappa shape index (κ3) is 4.42. The van der Waals surface area contributed by atoms with Crippen molar-refractivity contribution < 1.29 is 14.3 Å². The number of hydrogen-bond acceptors (Lipinski definition) is 3. The Bertz CT molecular complexity index is 761. The Morgan fingerprint density at radius 2 is 1.88 bits per heavy atom. The van der Waals surface area contributed by atoms with E-state index in [2.05, 4.69) is 5.32 Å². The summed E-state index contributed by atoms with van der Waals surface area (Å²) in [6.45, 7) is 3.63. The topological polar surface area (TPSA) is 58.6 Å². The van der Waals surface area contributed by atoms with E-state index in [0.717, 1.165) is 17.1 Å². The SMILES string of the molecule is CCN1C[C@@H](C(=O)NCCc2ccccc2Oc2ccccc2)CC1=O. The van der Waals surface area contributed by atoms with Crippen LogP contribution in [-0.2, 0) is 16.0 Å². The number of amides is 2. The normalized spacial score (nSPS) is 16.6. The summed E-state index contributed by atoms with van der Waals surface area (Å²) >= 11 is 0. The van der Waals surface area contributed by atoms with Gasteiger partial charge in [-0.05, 0) is 37.1 Å². The minimum absolute atomic E-state index is 0.0456. The summed E-state index contributed by atoms with van der Waals surface area (Å²) in [5, 5.41) is 2.96. The van der Waals surface area contributed by atoms with Crippen LogP contribution < -0.4 is 10.1 Å². The molecule has 136 valence electrons. The molecule has 0 radical (unpaired) electrons. The van der Waals surface area contributed by atoms with Crippen molar-refractivity contribution in [3.8, 4) is 11.5 Å². The van der Waals surface area contributed by atoms with Gasteiger partial charge in [0.25, 0.3) is 0 Å². The lowest BCUT2D eigenvalue weighted by Crippen LogP contribution is -2.34. The van der Waals surface area contributed by atoms with Crippen LogP contribution in [0.25, 0.3) is 0 Å². The van der Waals surface area contributed by atoms with E-state index in [9.17, 15) is 9.59 Å². The number of rotatable bonds is 7. The summed E-state index contributed by atoms with van der Waals surface area (Å²) in [5.74, 6) is 1.36. The predicted octanol–water partition coefficient (Wildman–Crippen LogP) is 3.01. The first-order chi connectivity index (χ1) is 12.7. The molecule has 1 heterocycles. The van der Waals surface area contributed by atoms with Crippen molar-refractivity contribution in [3.05, 3.63) is 60.2 Å². The quantitative estimate of drug-likeness (QED) is 0.833. The van der Waals surface area contributed by atoms with E-state index in [0.29, 0.717) is 32.5 Å². The molecule has 1 fully saturated rings. The molecule has 2 aromatic carbocycles. The van der Waals surface area contributed by atoms with Crippen molar-refractivity contribution in [1.82, 2.24) is 10.2 Å². The van der Waals surface area contributed by atoms with Crippen LogP contribution in [-0.4, -0.2) is 36.3 Å². The van der Waals surface area contributed by atoms with Gasteiger partial charge in [-0.25, -0.2) is 0 Å². The molecule has 0 saturated carbocycles. The van der Waals surface area contributed by atoms with E-state index < -0.39 is 0 Å². The molecular weight excluding hydrogens is 328 g/mol. The molecule has 0 aliphatic carbocycles. The van der Waals surface area contributed by atoms with Crippen LogP contribution in [0.1, 0.15) is 18.9 Å². The highest BCUT2D eigenvalue weighted by molar-refractivity contribution is 5.89. The Balaban J connectivity index is 1.54. The van der Waals surface area contributed by atoms with Gasteiger partial charge in [-0.3, -0.25) is 9.59 Å². The van der Waals surface area contributed by atoms with Gasteiger partial charge in [0.05, 0.1) is 5.92 Å². The number of carbonyl (C=O) groups excluding carboxylic acids is 2. The number of carbonyl (C=O) groups is 2. The second kappa shape index (κ2) is 8.52. The molecule has 1 saturated heterocycles. The Morgan fingerprint density at radius 3 is 2.62 bits per heavy atom. The van der Waals surface area contributed by atoms with Gasteiger partial charge < -0.3 is 15.0 Å². The standard InChI is InChI=1S/C21H24N2O3/c1-2-23-15-17(14-20(23)24)21(25)22-13-12-16-8-6-7-11-19(16)26-18-9-4-3-5-10-18/h3-11,17H,2,12-15H2,1H3,(H,22,25)/t17-/m0/s1. The lowest BCUT2D eigenvalue weighted by Gasteiger charge is -2.14. The number of likely N-dealkylation sites (tertiary alicyclic amines) is 1. The lowest BCUT2D eigenvalue weighted by atomic mass is 10.1. The van der Waals surface area contributed by atoms with Crippen molar-refractivity contribution in [2.24, 2.45) is 5.92 Å². The number of nitrogens with one attached hydrogen (secondary N) is 1. The first kappa shape index (κ1) is 18.0. The fourth-order valence-electron chi connectivity index (χ4n) is 3.14. The molecule has 3 rings (SSSR count). The van der Waals surface area contributed by atoms with Crippen LogP contribution in [0.15, 0.2) is 54.6 Å². The maximum absolute atomic E-state index is 12.3. The minimum Gasteiger partial charge on any atom is -0.457 e. The second-order valence-electron chi connectivity index (χ2n) is 6.40. The highest BCUT2D eigenvalue weighted by atomic mass is 16.5. The molecular formula is C21H24N2O3. The van der Waals surface area contributed by atoms with Crippen LogP contribution in [0.2, 0.25) is 0 Å². The molecule has 0 aromatic heterocycles. The summed E-state index contributed by atoms with van der Waals surface area (Å²) in [6, 6.07) is 17.5. The largest absolute Gasteiger partial charge is 0.457 e. The first-order valence-corrected chi connectivity index (χ1v) is 9.03. The van der Waals surface area contributed by atoms with Gasteiger partial charge in [-0.2, -0.15) is 0 Å². The molecule has 1 aliphatic rings. The van der Waals surface area contributed by atoms with E-state index in [1.54, 1.807) is 4.90 Å². The zero-order valence-corrected chi connectivity index (χ0v) is 15.0. The molecule has 0 spiro atoms. The monoisotopic (exact) mass is 352 g/mol. The molecule has 5 nitrogen and oxygen atoms in total. The van der Waals surface area contributed by atoms with E-state index in [4.69, 9.17) is 4.74 Å². The third-order valence-corrected chi connectivity index (χ3v) is 4.60. The molecule has 2 amide bonds. The van der Waals surface area contributed by atoms with E-state index in [-0.39, 0.29) is 17.7 Å². The molecule has 1 aliphatic heterocycles. The number of nitrogens with zero attached hydrogens (tertiary/aromatic N) is 1. The van der Waals surface area contributed by atoms with E-state index in [1.165, 1.54) is 0 Å².